The summed E-state index contributed by atoms with van der Waals surface area (Å²) in [7, 11) is 0. The van der Waals surface area contributed by atoms with Gasteiger partial charge in [-0.25, -0.2) is 4.39 Å². The van der Waals surface area contributed by atoms with Crippen molar-refractivity contribution in [2.24, 2.45) is 5.92 Å². The second kappa shape index (κ2) is 9.31. The van der Waals surface area contributed by atoms with E-state index in [1.807, 2.05) is 30.3 Å². The van der Waals surface area contributed by atoms with Gasteiger partial charge in [0, 0.05) is 16.5 Å². The minimum absolute atomic E-state index is 0.0469. The standard InChI is InChI=1S/C29H29F/c1-3-5-22-12-15-25(16-13-22)27-19-17-26-20-24(14-18-28(26)29(27)30)11-10-23-8-6-21(4-2)7-9-23/h3,6-9,14,17-20,22,25H,1,4-5,12-13,15-16H2,2H3. The van der Waals surface area contributed by atoms with Crippen LogP contribution < -0.4 is 0 Å². The first-order chi connectivity index (χ1) is 14.7. The molecule has 1 heteroatoms. The molecule has 30 heavy (non-hydrogen) atoms. The molecule has 1 aliphatic rings. The summed E-state index contributed by atoms with van der Waals surface area (Å²) in [4.78, 5) is 0. The van der Waals surface area contributed by atoms with Crippen LogP contribution in [0.5, 0.6) is 0 Å². The third kappa shape index (κ3) is 4.49. The fourth-order valence-corrected chi connectivity index (χ4v) is 4.61. The van der Waals surface area contributed by atoms with E-state index in [-0.39, 0.29) is 5.82 Å². The van der Waals surface area contributed by atoms with E-state index in [0.717, 1.165) is 53.7 Å². The Morgan fingerprint density at radius 1 is 0.933 bits per heavy atom. The van der Waals surface area contributed by atoms with Gasteiger partial charge < -0.3 is 0 Å². The summed E-state index contributed by atoms with van der Waals surface area (Å²) in [6.45, 7) is 6.00. The van der Waals surface area contributed by atoms with Gasteiger partial charge >= 0.3 is 0 Å². The van der Waals surface area contributed by atoms with Crippen molar-refractivity contribution in [1.29, 1.82) is 0 Å². The Morgan fingerprint density at radius 3 is 2.33 bits per heavy atom. The number of hydrogen-bond acceptors (Lipinski definition) is 0. The van der Waals surface area contributed by atoms with E-state index in [1.54, 1.807) is 0 Å². The fourth-order valence-electron chi connectivity index (χ4n) is 4.61. The number of aryl methyl sites for hydroxylation is 1. The zero-order valence-corrected chi connectivity index (χ0v) is 17.8. The lowest BCUT2D eigenvalue weighted by atomic mass is 9.77. The van der Waals surface area contributed by atoms with Crippen LogP contribution in [0.2, 0.25) is 0 Å². The molecule has 0 amide bonds. The normalized spacial score (nSPS) is 18.6. The van der Waals surface area contributed by atoms with Crippen molar-refractivity contribution in [3.63, 3.8) is 0 Å². The first-order valence-electron chi connectivity index (χ1n) is 11.1. The molecule has 3 aromatic carbocycles. The molecule has 1 fully saturated rings. The van der Waals surface area contributed by atoms with Crippen LogP contribution in [0, 0.1) is 23.6 Å². The van der Waals surface area contributed by atoms with Crippen LogP contribution in [0.3, 0.4) is 0 Å². The molecule has 0 unspecified atom stereocenters. The van der Waals surface area contributed by atoms with E-state index < -0.39 is 0 Å². The van der Waals surface area contributed by atoms with Gasteiger partial charge in [0.15, 0.2) is 0 Å². The molecule has 152 valence electrons. The van der Waals surface area contributed by atoms with Crippen molar-refractivity contribution in [3.8, 4) is 11.8 Å². The predicted octanol–water partition coefficient (Wildman–Crippen LogP) is 7.79. The molecule has 0 bridgehead atoms. The lowest BCUT2D eigenvalue weighted by Gasteiger charge is -2.28. The van der Waals surface area contributed by atoms with Gasteiger partial charge in [-0.15, -0.1) is 6.58 Å². The van der Waals surface area contributed by atoms with Crippen molar-refractivity contribution >= 4 is 10.8 Å². The van der Waals surface area contributed by atoms with Gasteiger partial charge in [0.05, 0.1) is 0 Å². The van der Waals surface area contributed by atoms with Crippen LogP contribution in [0.1, 0.15) is 67.2 Å². The summed E-state index contributed by atoms with van der Waals surface area (Å²) in [5.74, 6) is 7.45. The molecule has 0 heterocycles. The molecule has 0 radical (unpaired) electrons. The quantitative estimate of drug-likeness (QED) is 0.312. The zero-order valence-electron chi connectivity index (χ0n) is 17.8. The van der Waals surface area contributed by atoms with Crippen molar-refractivity contribution in [1.82, 2.24) is 0 Å². The van der Waals surface area contributed by atoms with Crippen molar-refractivity contribution in [3.05, 3.63) is 95.3 Å². The fraction of sp³-hybridized carbons (Fsp3) is 0.310. The highest BCUT2D eigenvalue weighted by atomic mass is 19.1. The average Bonchev–Trinajstić information content (AvgIpc) is 2.79. The van der Waals surface area contributed by atoms with Crippen molar-refractivity contribution in [2.75, 3.05) is 0 Å². The maximum absolute atomic E-state index is 15.3. The second-order valence-electron chi connectivity index (χ2n) is 8.45. The molecule has 4 rings (SSSR count). The predicted molar refractivity (Wildman–Crippen MR) is 125 cm³/mol. The molecule has 0 aliphatic heterocycles. The van der Waals surface area contributed by atoms with E-state index in [2.05, 4.69) is 55.7 Å². The topological polar surface area (TPSA) is 0 Å². The van der Waals surface area contributed by atoms with Crippen LogP contribution in [0.15, 0.2) is 67.3 Å². The minimum Gasteiger partial charge on any atom is -0.206 e. The maximum Gasteiger partial charge on any atom is 0.134 e. The van der Waals surface area contributed by atoms with Crippen LogP contribution in [-0.4, -0.2) is 0 Å². The number of allylic oxidation sites excluding steroid dienone is 1. The number of benzene rings is 3. The number of halogens is 1. The largest absolute Gasteiger partial charge is 0.206 e. The summed E-state index contributed by atoms with van der Waals surface area (Å²) >= 11 is 0. The molecule has 1 aliphatic carbocycles. The molecular weight excluding hydrogens is 367 g/mol. The van der Waals surface area contributed by atoms with Crippen LogP contribution in [-0.2, 0) is 6.42 Å². The third-order valence-corrected chi connectivity index (χ3v) is 6.48. The summed E-state index contributed by atoms with van der Waals surface area (Å²) < 4.78 is 15.3. The second-order valence-corrected chi connectivity index (χ2v) is 8.45. The number of fused-ring (bicyclic) bond motifs is 1. The van der Waals surface area contributed by atoms with E-state index in [1.165, 1.54) is 18.4 Å². The highest BCUT2D eigenvalue weighted by Crippen LogP contribution is 2.39. The summed E-state index contributed by atoms with van der Waals surface area (Å²) in [5, 5.41) is 1.63. The molecule has 0 atom stereocenters. The Balaban J connectivity index is 1.54. The van der Waals surface area contributed by atoms with E-state index in [9.17, 15) is 0 Å². The highest BCUT2D eigenvalue weighted by molar-refractivity contribution is 5.85. The molecular formula is C29H29F. The van der Waals surface area contributed by atoms with E-state index >= 15 is 4.39 Å². The van der Waals surface area contributed by atoms with Gasteiger partial charge in [-0.1, -0.05) is 55.2 Å². The minimum atomic E-state index is -0.0469. The third-order valence-electron chi connectivity index (χ3n) is 6.48. The molecule has 0 aromatic heterocycles. The monoisotopic (exact) mass is 396 g/mol. The first-order valence-corrected chi connectivity index (χ1v) is 11.1. The Hall–Kier alpha value is -2.85. The van der Waals surface area contributed by atoms with Gasteiger partial charge in [-0.2, -0.15) is 0 Å². The molecule has 0 saturated heterocycles. The SMILES string of the molecule is C=CCC1CCC(c2ccc3cc(C#Cc4ccc(CC)cc4)ccc3c2F)CC1. The smallest absolute Gasteiger partial charge is 0.134 e. The molecule has 0 spiro atoms. The highest BCUT2D eigenvalue weighted by Gasteiger charge is 2.24. The lowest BCUT2D eigenvalue weighted by molar-refractivity contribution is 0.324. The van der Waals surface area contributed by atoms with Gasteiger partial charge in [0.1, 0.15) is 5.82 Å². The zero-order chi connectivity index (χ0) is 20.9. The van der Waals surface area contributed by atoms with Gasteiger partial charge in [0.2, 0.25) is 0 Å². The molecule has 1 saturated carbocycles. The van der Waals surface area contributed by atoms with Crippen LogP contribution in [0.4, 0.5) is 4.39 Å². The molecule has 0 N–H and O–H groups in total. The number of rotatable bonds is 4. The average molecular weight is 397 g/mol. The molecule has 0 nitrogen and oxygen atoms in total. The van der Waals surface area contributed by atoms with Crippen molar-refractivity contribution < 1.29 is 4.39 Å². The van der Waals surface area contributed by atoms with Gasteiger partial charge in [-0.05, 0) is 91.1 Å². The Morgan fingerprint density at radius 2 is 1.63 bits per heavy atom. The summed E-state index contributed by atoms with van der Waals surface area (Å²) in [5.41, 5.74) is 4.11. The van der Waals surface area contributed by atoms with Crippen molar-refractivity contribution in [2.45, 2.75) is 51.4 Å². The van der Waals surface area contributed by atoms with E-state index in [0.29, 0.717) is 11.3 Å². The first kappa shape index (κ1) is 20.4. The van der Waals surface area contributed by atoms with Crippen LogP contribution in [0.25, 0.3) is 10.8 Å². The lowest BCUT2D eigenvalue weighted by Crippen LogP contribution is -2.14. The van der Waals surface area contributed by atoms with Crippen LogP contribution >= 0.6 is 0 Å². The Kier molecular flexibility index (Phi) is 6.34. The maximum atomic E-state index is 15.3. The summed E-state index contributed by atoms with van der Waals surface area (Å²) in [6, 6.07) is 18.2. The molecule has 3 aromatic rings. The van der Waals surface area contributed by atoms with Gasteiger partial charge in [-0.3, -0.25) is 0 Å². The Labute approximate surface area is 179 Å². The summed E-state index contributed by atoms with van der Waals surface area (Å²) in [6.07, 6.45) is 8.61. The number of hydrogen-bond donors (Lipinski definition) is 0. The van der Waals surface area contributed by atoms with E-state index in [4.69, 9.17) is 0 Å². The van der Waals surface area contributed by atoms with Gasteiger partial charge in [0.25, 0.3) is 0 Å². The Bertz CT molecular complexity index is 1090.